The third-order valence-electron chi connectivity index (χ3n) is 4.40. The van der Waals surface area contributed by atoms with Crippen molar-refractivity contribution in [2.75, 3.05) is 6.54 Å². The molecule has 3 heteroatoms. The van der Waals surface area contributed by atoms with Crippen molar-refractivity contribution in [3.8, 4) is 0 Å². The van der Waals surface area contributed by atoms with Gasteiger partial charge in [0, 0.05) is 10.6 Å². The van der Waals surface area contributed by atoms with Gasteiger partial charge in [-0.2, -0.15) is 0 Å². The molecule has 1 aromatic carbocycles. The molecule has 106 valence electrons. The lowest BCUT2D eigenvalue weighted by atomic mass is 9.77. The van der Waals surface area contributed by atoms with Crippen molar-refractivity contribution in [1.82, 2.24) is 5.32 Å². The molecule has 0 aromatic heterocycles. The van der Waals surface area contributed by atoms with Crippen LogP contribution in [0.5, 0.6) is 0 Å². The zero-order valence-corrected chi connectivity index (χ0v) is 12.6. The SMILES string of the molecule is CC(C)C1(Cc2cc(F)ccc2Cl)CCCCCN1. The maximum Gasteiger partial charge on any atom is 0.123 e. The van der Waals surface area contributed by atoms with Crippen molar-refractivity contribution < 1.29 is 4.39 Å². The minimum absolute atomic E-state index is 0.0495. The van der Waals surface area contributed by atoms with Crippen molar-refractivity contribution >= 4 is 11.6 Å². The molecule has 1 aliphatic heterocycles. The Morgan fingerprint density at radius 2 is 2.11 bits per heavy atom. The highest BCUT2D eigenvalue weighted by molar-refractivity contribution is 6.31. The normalized spacial score (nSPS) is 24.5. The van der Waals surface area contributed by atoms with E-state index in [1.165, 1.54) is 25.3 Å². The van der Waals surface area contributed by atoms with Crippen LogP contribution in [-0.2, 0) is 6.42 Å². The summed E-state index contributed by atoms with van der Waals surface area (Å²) >= 11 is 6.23. The summed E-state index contributed by atoms with van der Waals surface area (Å²) in [5, 5.41) is 4.38. The van der Waals surface area contributed by atoms with Crippen LogP contribution in [0.25, 0.3) is 0 Å². The molecule has 1 unspecified atom stereocenters. The molecule has 0 spiro atoms. The van der Waals surface area contributed by atoms with Gasteiger partial charge in [0.05, 0.1) is 0 Å². The molecule has 1 aliphatic rings. The lowest BCUT2D eigenvalue weighted by molar-refractivity contribution is 0.226. The number of rotatable bonds is 3. The predicted octanol–water partition coefficient (Wildman–Crippen LogP) is 4.58. The lowest BCUT2D eigenvalue weighted by Crippen LogP contribution is -2.51. The molecule has 1 saturated heterocycles. The monoisotopic (exact) mass is 283 g/mol. The standard InChI is InChI=1S/C16H23ClFN/c1-12(2)16(8-4-3-5-9-19-16)11-13-10-14(18)6-7-15(13)17/h6-7,10,12,19H,3-5,8-9,11H2,1-2H3. The largest absolute Gasteiger partial charge is 0.311 e. The lowest BCUT2D eigenvalue weighted by Gasteiger charge is -2.38. The molecule has 1 aromatic rings. The summed E-state index contributed by atoms with van der Waals surface area (Å²) in [4.78, 5) is 0. The van der Waals surface area contributed by atoms with Crippen LogP contribution in [0, 0.1) is 11.7 Å². The highest BCUT2D eigenvalue weighted by Gasteiger charge is 2.34. The minimum atomic E-state index is -0.202. The van der Waals surface area contributed by atoms with Crippen molar-refractivity contribution in [2.45, 2.75) is 51.5 Å². The fourth-order valence-electron chi connectivity index (χ4n) is 3.03. The smallest absolute Gasteiger partial charge is 0.123 e. The summed E-state index contributed by atoms with van der Waals surface area (Å²) < 4.78 is 13.4. The summed E-state index contributed by atoms with van der Waals surface area (Å²) in [5.74, 6) is 0.303. The Morgan fingerprint density at radius 3 is 2.84 bits per heavy atom. The first-order chi connectivity index (χ1) is 9.03. The molecule has 0 bridgehead atoms. The van der Waals surface area contributed by atoms with Gasteiger partial charge in [-0.15, -0.1) is 0 Å². The quantitative estimate of drug-likeness (QED) is 0.856. The molecule has 19 heavy (non-hydrogen) atoms. The van der Waals surface area contributed by atoms with E-state index in [-0.39, 0.29) is 11.4 Å². The third-order valence-corrected chi connectivity index (χ3v) is 4.76. The van der Waals surface area contributed by atoms with Crippen LogP contribution < -0.4 is 5.32 Å². The van der Waals surface area contributed by atoms with Gasteiger partial charge in [-0.25, -0.2) is 4.39 Å². The number of nitrogens with one attached hydrogen (secondary N) is 1. The van der Waals surface area contributed by atoms with Gasteiger partial charge in [-0.1, -0.05) is 38.3 Å². The fraction of sp³-hybridized carbons (Fsp3) is 0.625. The minimum Gasteiger partial charge on any atom is -0.311 e. The average Bonchev–Trinajstić information content (AvgIpc) is 2.60. The first kappa shape index (κ1) is 14.8. The first-order valence-corrected chi connectivity index (χ1v) is 7.60. The van der Waals surface area contributed by atoms with Crippen LogP contribution in [0.3, 0.4) is 0 Å². The average molecular weight is 284 g/mol. The van der Waals surface area contributed by atoms with Gasteiger partial charge in [0.25, 0.3) is 0 Å². The van der Waals surface area contributed by atoms with E-state index in [0.717, 1.165) is 24.9 Å². The Bertz CT molecular complexity index is 423. The number of hydrogen-bond acceptors (Lipinski definition) is 1. The second-order valence-corrected chi connectivity index (χ2v) is 6.37. The molecule has 0 radical (unpaired) electrons. The van der Waals surface area contributed by atoms with E-state index in [1.807, 2.05) is 0 Å². The predicted molar refractivity (Wildman–Crippen MR) is 79.2 cm³/mol. The molecule has 1 atom stereocenters. The van der Waals surface area contributed by atoms with Gasteiger partial charge < -0.3 is 5.32 Å². The maximum absolute atomic E-state index is 13.4. The van der Waals surface area contributed by atoms with E-state index in [1.54, 1.807) is 12.1 Å². The molecule has 1 nitrogen and oxygen atoms in total. The second-order valence-electron chi connectivity index (χ2n) is 5.96. The summed E-state index contributed by atoms with van der Waals surface area (Å²) in [6.45, 7) is 5.53. The summed E-state index contributed by atoms with van der Waals surface area (Å²) in [5.41, 5.74) is 0.971. The second kappa shape index (κ2) is 6.23. The summed E-state index contributed by atoms with van der Waals surface area (Å²) in [6, 6.07) is 4.67. The Kier molecular flexibility index (Phi) is 4.86. The van der Waals surface area contributed by atoms with Gasteiger partial charge in [0.15, 0.2) is 0 Å². The highest BCUT2D eigenvalue weighted by atomic mass is 35.5. The molecule has 0 amide bonds. The van der Waals surface area contributed by atoms with Gasteiger partial charge in [-0.05, 0) is 55.5 Å². The molecule has 1 heterocycles. The third kappa shape index (κ3) is 3.49. The number of halogens is 2. The van der Waals surface area contributed by atoms with E-state index in [9.17, 15) is 4.39 Å². The topological polar surface area (TPSA) is 12.0 Å². The molecule has 1 fully saturated rings. The zero-order chi connectivity index (χ0) is 13.9. The van der Waals surface area contributed by atoms with E-state index >= 15 is 0 Å². The highest BCUT2D eigenvalue weighted by Crippen LogP contribution is 2.32. The van der Waals surface area contributed by atoms with Crippen molar-refractivity contribution in [3.05, 3.63) is 34.6 Å². The Morgan fingerprint density at radius 1 is 1.32 bits per heavy atom. The Hall–Kier alpha value is -0.600. The first-order valence-electron chi connectivity index (χ1n) is 7.22. The van der Waals surface area contributed by atoms with Crippen LogP contribution in [0.4, 0.5) is 4.39 Å². The number of hydrogen-bond donors (Lipinski definition) is 1. The van der Waals surface area contributed by atoms with Crippen molar-refractivity contribution in [1.29, 1.82) is 0 Å². The van der Waals surface area contributed by atoms with Crippen LogP contribution in [0.15, 0.2) is 18.2 Å². The molecule has 0 saturated carbocycles. The molecule has 2 rings (SSSR count). The van der Waals surface area contributed by atoms with Gasteiger partial charge in [0.2, 0.25) is 0 Å². The van der Waals surface area contributed by atoms with Gasteiger partial charge in [0.1, 0.15) is 5.82 Å². The Balaban J connectivity index is 2.27. The van der Waals surface area contributed by atoms with E-state index < -0.39 is 0 Å². The van der Waals surface area contributed by atoms with Crippen LogP contribution >= 0.6 is 11.6 Å². The molecular weight excluding hydrogens is 261 g/mol. The molecule has 1 N–H and O–H groups in total. The molecule has 0 aliphatic carbocycles. The van der Waals surface area contributed by atoms with Crippen LogP contribution in [0.1, 0.15) is 45.1 Å². The van der Waals surface area contributed by atoms with Crippen LogP contribution in [-0.4, -0.2) is 12.1 Å². The van der Waals surface area contributed by atoms with Crippen LogP contribution in [0.2, 0.25) is 5.02 Å². The Labute approximate surface area is 120 Å². The van der Waals surface area contributed by atoms with Gasteiger partial charge >= 0.3 is 0 Å². The van der Waals surface area contributed by atoms with E-state index in [4.69, 9.17) is 11.6 Å². The van der Waals surface area contributed by atoms with Gasteiger partial charge in [-0.3, -0.25) is 0 Å². The maximum atomic E-state index is 13.4. The fourth-order valence-corrected chi connectivity index (χ4v) is 3.22. The summed E-state index contributed by atoms with van der Waals surface area (Å²) in [6.07, 6.45) is 5.68. The van der Waals surface area contributed by atoms with E-state index in [0.29, 0.717) is 10.9 Å². The van der Waals surface area contributed by atoms with Crippen molar-refractivity contribution in [3.63, 3.8) is 0 Å². The van der Waals surface area contributed by atoms with Crippen molar-refractivity contribution in [2.24, 2.45) is 5.92 Å². The number of benzene rings is 1. The zero-order valence-electron chi connectivity index (χ0n) is 11.8. The summed E-state index contributed by atoms with van der Waals surface area (Å²) in [7, 11) is 0. The van der Waals surface area contributed by atoms with E-state index in [2.05, 4.69) is 19.2 Å². The molecular formula is C16H23ClFN.